The van der Waals surface area contributed by atoms with Gasteiger partial charge in [-0.05, 0) is 44.4 Å². The third kappa shape index (κ3) is 2.61. The average molecular weight is 237 g/mol. The number of nitrogens with two attached hydrogens (primary N) is 1. The molecule has 0 aromatic carbocycles. The van der Waals surface area contributed by atoms with Crippen LogP contribution in [0.4, 0.5) is 4.39 Å². The number of rotatable bonds is 5. The van der Waals surface area contributed by atoms with Crippen LogP contribution in [-0.2, 0) is 10.3 Å². The molecule has 1 aromatic rings. The molecule has 1 unspecified atom stereocenters. The van der Waals surface area contributed by atoms with Gasteiger partial charge >= 0.3 is 0 Å². The van der Waals surface area contributed by atoms with E-state index in [4.69, 9.17) is 5.73 Å². The third-order valence-electron chi connectivity index (χ3n) is 3.17. The highest BCUT2D eigenvalue weighted by molar-refractivity contribution is 5.85. The van der Waals surface area contributed by atoms with Gasteiger partial charge in [-0.2, -0.15) is 0 Å². The molecule has 1 heterocycles. The van der Waals surface area contributed by atoms with Gasteiger partial charge in [-0.3, -0.25) is 15.1 Å². The lowest BCUT2D eigenvalue weighted by Gasteiger charge is -2.27. The maximum atomic E-state index is 12.8. The first-order valence-corrected chi connectivity index (χ1v) is 5.69. The molecule has 0 radical (unpaired) electrons. The van der Waals surface area contributed by atoms with E-state index in [2.05, 4.69) is 10.3 Å². The first kappa shape index (κ1) is 12.0. The SMILES string of the molecule is CC(NCC1CC1)(C(N)=O)c1ccc(F)cn1. The Morgan fingerprint density at radius 2 is 2.35 bits per heavy atom. The molecule has 1 saturated carbocycles. The van der Waals surface area contributed by atoms with Crippen LogP contribution in [0.25, 0.3) is 0 Å². The summed E-state index contributed by atoms with van der Waals surface area (Å²) in [7, 11) is 0. The number of nitrogens with one attached hydrogen (secondary N) is 1. The van der Waals surface area contributed by atoms with E-state index < -0.39 is 17.3 Å². The number of hydrogen-bond acceptors (Lipinski definition) is 3. The summed E-state index contributed by atoms with van der Waals surface area (Å²) in [6.07, 6.45) is 3.45. The molecule has 3 N–H and O–H groups in total. The topological polar surface area (TPSA) is 68.0 Å². The zero-order valence-corrected chi connectivity index (χ0v) is 9.74. The number of pyridine rings is 1. The summed E-state index contributed by atoms with van der Waals surface area (Å²) in [5.41, 5.74) is 4.83. The molecule has 5 heteroatoms. The van der Waals surface area contributed by atoms with Gasteiger partial charge in [0.2, 0.25) is 5.91 Å². The van der Waals surface area contributed by atoms with Crippen LogP contribution in [0.1, 0.15) is 25.5 Å². The predicted molar refractivity (Wildman–Crippen MR) is 61.5 cm³/mol. The van der Waals surface area contributed by atoms with Gasteiger partial charge in [0.05, 0.1) is 11.9 Å². The molecule has 1 aromatic heterocycles. The molecule has 92 valence electrons. The lowest BCUT2D eigenvalue weighted by molar-refractivity contribution is -0.124. The molecule has 1 amide bonds. The van der Waals surface area contributed by atoms with Crippen molar-refractivity contribution in [3.63, 3.8) is 0 Å². The minimum atomic E-state index is -1.03. The molecule has 17 heavy (non-hydrogen) atoms. The van der Waals surface area contributed by atoms with E-state index in [1.807, 2.05) is 0 Å². The minimum absolute atomic E-state index is 0.428. The molecule has 0 saturated heterocycles. The van der Waals surface area contributed by atoms with E-state index >= 15 is 0 Å². The van der Waals surface area contributed by atoms with E-state index in [-0.39, 0.29) is 0 Å². The highest BCUT2D eigenvalue weighted by Gasteiger charge is 2.36. The Labute approximate surface area is 99.4 Å². The van der Waals surface area contributed by atoms with Crippen LogP contribution in [0.5, 0.6) is 0 Å². The van der Waals surface area contributed by atoms with E-state index in [9.17, 15) is 9.18 Å². The first-order chi connectivity index (χ1) is 8.02. The second-order valence-electron chi connectivity index (χ2n) is 4.68. The highest BCUT2D eigenvalue weighted by Crippen LogP contribution is 2.29. The fourth-order valence-electron chi connectivity index (χ4n) is 1.65. The van der Waals surface area contributed by atoms with Crippen molar-refractivity contribution in [1.82, 2.24) is 10.3 Å². The number of carbonyl (C=O) groups is 1. The zero-order valence-electron chi connectivity index (χ0n) is 9.74. The number of primary amides is 1. The molecule has 2 rings (SSSR count). The number of halogens is 1. The van der Waals surface area contributed by atoms with E-state index in [1.54, 1.807) is 6.92 Å². The maximum absolute atomic E-state index is 12.8. The van der Waals surface area contributed by atoms with Crippen molar-refractivity contribution >= 4 is 5.91 Å². The van der Waals surface area contributed by atoms with E-state index in [1.165, 1.54) is 25.0 Å². The predicted octanol–water partition coefficient (Wildman–Crippen LogP) is 0.921. The molecule has 0 spiro atoms. The van der Waals surface area contributed by atoms with E-state index in [0.717, 1.165) is 12.7 Å². The molecule has 1 fully saturated rings. The zero-order chi connectivity index (χ0) is 12.5. The Bertz CT molecular complexity index is 416. The fourth-order valence-corrected chi connectivity index (χ4v) is 1.65. The van der Waals surface area contributed by atoms with Gasteiger partial charge in [0.25, 0.3) is 0 Å². The van der Waals surface area contributed by atoms with Gasteiger partial charge in [-0.15, -0.1) is 0 Å². The molecule has 1 aliphatic carbocycles. The number of amides is 1. The summed E-state index contributed by atoms with van der Waals surface area (Å²) < 4.78 is 12.8. The van der Waals surface area contributed by atoms with Crippen molar-refractivity contribution in [3.05, 3.63) is 29.8 Å². The van der Waals surface area contributed by atoms with Crippen LogP contribution in [0.15, 0.2) is 18.3 Å². The van der Waals surface area contributed by atoms with Gasteiger partial charge in [0.1, 0.15) is 11.4 Å². The van der Waals surface area contributed by atoms with Gasteiger partial charge in [0.15, 0.2) is 0 Å². The monoisotopic (exact) mass is 237 g/mol. The Morgan fingerprint density at radius 1 is 1.65 bits per heavy atom. The second kappa shape index (κ2) is 4.41. The number of nitrogens with zero attached hydrogens (tertiary/aromatic N) is 1. The Kier molecular flexibility index (Phi) is 3.11. The quantitative estimate of drug-likeness (QED) is 0.800. The number of carbonyl (C=O) groups excluding carboxylic acids is 1. The first-order valence-electron chi connectivity index (χ1n) is 5.69. The summed E-state index contributed by atoms with van der Waals surface area (Å²) in [4.78, 5) is 15.5. The Hall–Kier alpha value is -1.49. The van der Waals surface area contributed by atoms with Crippen molar-refractivity contribution in [2.45, 2.75) is 25.3 Å². The largest absolute Gasteiger partial charge is 0.368 e. The molecular formula is C12H16FN3O. The molecule has 0 aliphatic heterocycles. The van der Waals surface area contributed by atoms with Crippen LogP contribution in [0.3, 0.4) is 0 Å². The summed E-state index contributed by atoms with van der Waals surface area (Å²) in [5.74, 6) is -0.311. The molecule has 1 atom stereocenters. The molecule has 1 aliphatic rings. The Morgan fingerprint density at radius 3 is 2.82 bits per heavy atom. The lowest BCUT2D eigenvalue weighted by Crippen LogP contribution is -2.51. The highest BCUT2D eigenvalue weighted by atomic mass is 19.1. The van der Waals surface area contributed by atoms with Crippen LogP contribution in [-0.4, -0.2) is 17.4 Å². The van der Waals surface area contributed by atoms with Crippen molar-refractivity contribution in [3.8, 4) is 0 Å². The smallest absolute Gasteiger partial charge is 0.243 e. The average Bonchev–Trinajstić information content (AvgIpc) is 3.10. The number of hydrogen-bond donors (Lipinski definition) is 2. The summed E-state index contributed by atoms with van der Waals surface area (Å²) in [6.45, 7) is 2.41. The van der Waals surface area contributed by atoms with Crippen molar-refractivity contribution in [1.29, 1.82) is 0 Å². The standard InChI is InChI=1S/C12H16FN3O/c1-12(11(14)17,16-6-8-2-3-8)10-5-4-9(13)7-15-10/h4-5,7-8,16H,2-3,6H2,1H3,(H2,14,17). The van der Waals surface area contributed by atoms with Crippen molar-refractivity contribution in [2.75, 3.05) is 6.54 Å². The lowest BCUT2D eigenvalue weighted by atomic mass is 9.96. The van der Waals surface area contributed by atoms with E-state index in [0.29, 0.717) is 11.6 Å². The summed E-state index contributed by atoms with van der Waals surface area (Å²) >= 11 is 0. The van der Waals surface area contributed by atoms with Gasteiger partial charge < -0.3 is 5.73 Å². The molecule has 4 nitrogen and oxygen atoms in total. The van der Waals surface area contributed by atoms with Gasteiger partial charge in [0, 0.05) is 0 Å². The summed E-state index contributed by atoms with van der Waals surface area (Å²) in [6, 6.07) is 2.77. The summed E-state index contributed by atoms with van der Waals surface area (Å²) in [5, 5.41) is 3.13. The van der Waals surface area contributed by atoms with Gasteiger partial charge in [-0.25, -0.2) is 4.39 Å². The number of aromatic nitrogens is 1. The minimum Gasteiger partial charge on any atom is -0.368 e. The fraction of sp³-hybridized carbons (Fsp3) is 0.500. The van der Waals surface area contributed by atoms with Crippen LogP contribution >= 0.6 is 0 Å². The molecular weight excluding hydrogens is 221 g/mol. The van der Waals surface area contributed by atoms with Crippen molar-refractivity contribution in [2.24, 2.45) is 11.7 Å². The van der Waals surface area contributed by atoms with Crippen LogP contribution < -0.4 is 11.1 Å². The van der Waals surface area contributed by atoms with Crippen LogP contribution in [0.2, 0.25) is 0 Å². The Balaban J connectivity index is 2.19. The second-order valence-corrected chi connectivity index (χ2v) is 4.68. The molecule has 0 bridgehead atoms. The van der Waals surface area contributed by atoms with Crippen molar-refractivity contribution < 1.29 is 9.18 Å². The normalized spacial score (nSPS) is 18.7. The third-order valence-corrected chi connectivity index (χ3v) is 3.17. The maximum Gasteiger partial charge on any atom is 0.243 e. The van der Waals surface area contributed by atoms with Crippen LogP contribution in [0, 0.1) is 11.7 Å². The van der Waals surface area contributed by atoms with Gasteiger partial charge in [-0.1, -0.05) is 0 Å².